The van der Waals surface area contributed by atoms with E-state index in [9.17, 15) is 13.2 Å². The highest BCUT2D eigenvalue weighted by Gasteiger charge is 2.13. The van der Waals surface area contributed by atoms with Crippen LogP contribution in [0, 0.1) is 17.5 Å². The smallest absolute Gasteiger partial charge is 0.196 e. The molecule has 0 saturated carbocycles. The van der Waals surface area contributed by atoms with E-state index in [2.05, 4.69) is 15.5 Å². The van der Waals surface area contributed by atoms with Crippen molar-refractivity contribution >= 4 is 5.69 Å². The van der Waals surface area contributed by atoms with Gasteiger partial charge in [0.15, 0.2) is 23.3 Å². The second kappa shape index (κ2) is 4.44. The van der Waals surface area contributed by atoms with Gasteiger partial charge < -0.3 is 9.88 Å². The third-order valence-corrected chi connectivity index (χ3v) is 2.28. The Hall–Kier alpha value is -2.05. The van der Waals surface area contributed by atoms with Crippen LogP contribution in [0.4, 0.5) is 18.9 Å². The van der Waals surface area contributed by atoms with E-state index in [1.807, 2.05) is 0 Å². The van der Waals surface area contributed by atoms with Crippen LogP contribution >= 0.6 is 0 Å². The molecule has 0 bridgehead atoms. The summed E-state index contributed by atoms with van der Waals surface area (Å²) in [4.78, 5) is 0. The summed E-state index contributed by atoms with van der Waals surface area (Å²) in [5, 5.41) is 10.0. The Morgan fingerprint density at radius 2 is 2.00 bits per heavy atom. The van der Waals surface area contributed by atoms with Crippen molar-refractivity contribution in [2.45, 2.75) is 6.54 Å². The van der Waals surface area contributed by atoms with E-state index in [0.29, 0.717) is 5.82 Å². The van der Waals surface area contributed by atoms with Crippen LogP contribution in [0.3, 0.4) is 0 Å². The highest BCUT2D eigenvalue weighted by Crippen LogP contribution is 2.19. The lowest BCUT2D eigenvalue weighted by Crippen LogP contribution is -2.08. The predicted octanol–water partition coefficient (Wildman–Crippen LogP) is 1.84. The number of anilines is 1. The topological polar surface area (TPSA) is 42.7 Å². The molecule has 0 saturated heterocycles. The highest BCUT2D eigenvalue weighted by atomic mass is 19.2. The Morgan fingerprint density at radius 1 is 1.24 bits per heavy atom. The Labute approximate surface area is 95.1 Å². The Kier molecular flexibility index (Phi) is 2.99. The summed E-state index contributed by atoms with van der Waals surface area (Å²) < 4.78 is 40.5. The van der Waals surface area contributed by atoms with Gasteiger partial charge in [0.2, 0.25) is 0 Å². The molecule has 4 nitrogen and oxygen atoms in total. The minimum absolute atomic E-state index is 0.119. The summed E-state index contributed by atoms with van der Waals surface area (Å²) >= 11 is 0. The number of nitrogens with one attached hydrogen (secondary N) is 1. The largest absolute Gasteiger partial charge is 0.375 e. The molecule has 7 heteroatoms. The predicted molar refractivity (Wildman–Crippen MR) is 54.6 cm³/mol. The van der Waals surface area contributed by atoms with Crippen LogP contribution in [-0.4, -0.2) is 14.8 Å². The van der Waals surface area contributed by atoms with E-state index >= 15 is 0 Å². The summed E-state index contributed by atoms with van der Waals surface area (Å²) in [6.45, 7) is 0.165. The van der Waals surface area contributed by atoms with E-state index in [-0.39, 0.29) is 12.2 Å². The van der Waals surface area contributed by atoms with Crippen LogP contribution in [0.1, 0.15) is 5.82 Å². The average Bonchev–Trinajstić information content (AvgIpc) is 2.71. The molecule has 0 aliphatic heterocycles. The fourth-order valence-electron chi connectivity index (χ4n) is 1.30. The van der Waals surface area contributed by atoms with Crippen molar-refractivity contribution in [3.63, 3.8) is 0 Å². The van der Waals surface area contributed by atoms with E-state index < -0.39 is 17.5 Å². The quantitative estimate of drug-likeness (QED) is 0.835. The van der Waals surface area contributed by atoms with E-state index in [1.165, 1.54) is 6.33 Å². The van der Waals surface area contributed by atoms with Crippen LogP contribution in [0.25, 0.3) is 0 Å². The molecule has 90 valence electrons. The van der Waals surface area contributed by atoms with Crippen LogP contribution in [0.2, 0.25) is 0 Å². The zero-order chi connectivity index (χ0) is 12.4. The third-order valence-electron chi connectivity index (χ3n) is 2.28. The van der Waals surface area contributed by atoms with Crippen molar-refractivity contribution in [2.75, 3.05) is 5.32 Å². The average molecular weight is 242 g/mol. The zero-order valence-corrected chi connectivity index (χ0v) is 8.91. The molecule has 1 aromatic heterocycles. The molecule has 0 aliphatic rings. The van der Waals surface area contributed by atoms with Crippen LogP contribution < -0.4 is 5.32 Å². The summed E-state index contributed by atoms with van der Waals surface area (Å²) in [5.41, 5.74) is -0.119. The molecule has 0 fully saturated rings. The second-order valence-electron chi connectivity index (χ2n) is 3.43. The molecule has 0 unspecified atom stereocenters. The van der Waals surface area contributed by atoms with Crippen LogP contribution in [0.15, 0.2) is 18.5 Å². The fourth-order valence-corrected chi connectivity index (χ4v) is 1.30. The molecular formula is C10H9F3N4. The van der Waals surface area contributed by atoms with Crippen LogP contribution in [0.5, 0.6) is 0 Å². The summed E-state index contributed by atoms with van der Waals surface area (Å²) in [6.07, 6.45) is 1.48. The minimum Gasteiger partial charge on any atom is -0.375 e. The molecule has 1 heterocycles. The molecule has 1 N–H and O–H groups in total. The van der Waals surface area contributed by atoms with Gasteiger partial charge in [0.05, 0.1) is 12.2 Å². The van der Waals surface area contributed by atoms with Gasteiger partial charge in [-0.15, -0.1) is 10.2 Å². The van der Waals surface area contributed by atoms with Gasteiger partial charge >= 0.3 is 0 Å². The number of hydrogen-bond acceptors (Lipinski definition) is 3. The van der Waals surface area contributed by atoms with Gasteiger partial charge in [0.1, 0.15) is 6.33 Å². The first-order chi connectivity index (χ1) is 8.09. The highest BCUT2D eigenvalue weighted by molar-refractivity contribution is 5.45. The second-order valence-corrected chi connectivity index (χ2v) is 3.43. The summed E-state index contributed by atoms with van der Waals surface area (Å²) in [5.74, 6) is -3.40. The maximum Gasteiger partial charge on any atom is 0.196 e. The molecule has 0 atom stereocenters. The van der Waals surface area contributed by atoms with Gasteiger partial charge in [-0.3, -0.25) is 0 Å². The molecule has 17 heavy (non-hydrogen) atoms. The molecular weight excluding hydrogens is 233 g/mol. The molecule has 0 aliphatic carbocycles. The third kappa shape index (κ3) is 2.22. The Balaban J connectivity index is 2.15. The van der Waals surface area contributed by atoms with Crippen molar-refractivity contribution in [3.05, 3.63) is 41.7 Å². The summed E-state index contributed by atoms with van der Waals surface area (Å²) in [7, 11) is 1.72. The lowest BCUT2D eigenvalue weighted by molar-refractivity contribution is 0.449. The molecule has 0 radical (unpaired) electrons. The molecule has 0 amide bonds. The monoisotopic (exact) mass is 242 g/mol. The Bertz CT molecular complexity index is 538. The van der Waals surface area contributed by atoms with E-state index in [4.69, 9.17) is 0 Å². The maximum absolute atomic E-state index is 13.3. The first-order valence-corrected chi connectivity index (χ1v) is 4.80. The Morgan fingerprint density at radius 3 is 2.65 bits per heavy atom. The van der Waals surface area contributed by atoms with E-state index in [1.54, 1.807) is 11.6 Å². The van der Waals surface area contributed by atoms with Crippen molar-refractivity contribution in [3.8, 4) is 0 Å². The number of benzene rings is 1. The first-order valence-electron chi connectivity index (χ1n) is 4.80. The SMILES string of the molecule is Cn1cnnc1CNc1ccc(F)c(F)c1F. The molecule has 0 spiro atoms. The number of hydrogen-bond donors (Lipinski definition) is 1. The number of nitrogens with zero attached hydrogens (tertiary/aromatic N) is 3. The zero-order valence-electron chi connectivity index (χ0n) is 8.91. The minimum atomic E-state index is -1.49. The number of aromatic nitrogens is 3. The van der Waals surface area contributed by atoms with Crippen molar-refractivity contribution in [1.82, 2.24) is 14.8 Å². The molecule has 2 rings (SSSR count). The van der Waals surface area contributed by atoms with Crippen LogP contribution in [-0.2, 0) is 13.6 Å². The van der Waals surface area contributed by atoms with Gasteiger partial charge in [-0.2, -0.15) is 0 Å². The fraction of sp³-hybridized carbons (Fsp3) is 0.200. The van der Waals surface area contributed by atoms with Gasteiger partial charge in [0.25, 0.3) is 0 Å². The summed E-state index contributed by atoms with van der Waals surface area (Å²) in [6, 6.07) is 1.99. The number of aryl methyl sites for hydroxylation is 1. The van der Waals surface area contributed by atoms with Gasteiger partial charge in [-0.25, -0.2) is 13.2 Å². The molecule has 1 aromatic carbocycles. The lowest BCUT2D eigenvalue weighted by atomic mass is 10.3. The van der Waals surface area contributed by atoms with E-state index in [0.717, 1.165) is 12.1 Å². The van der Waals surface area contributed by atoms with Gasteiger partial charge in [-0.05, 0) is 12.1 Å². The normalized spacial score (nSPS) is 10.6. The lowest BCUT2D eigenvalue weighted by Gasteiger charge is -2.07. The standard InChI is InChI=1S/C10H9F3N4/c1-17-5-15-16-8(17)4-14-7-3-2-6(11)9(12)10(7)13/h2-3,5,14H,4H2,1H3. The van der Waals surface area contributed by atoms with Crippen molar-refractivity contribution < 1.29 is 13.2 Å². The van der Waals surface area contributed by atoms with Crippen molar-refractivity contribution in [1.29, 1.82) is 0 Å². The molecule has 2 aromatic rings. The first kappa shape index (κ1) is 11.4. The maximum atomic E-state index is 13.3. The van der Waals surface area contributed by atoms with Gasteiger partial charge in [-0.1, -0.05) is 0 Å². The number of halogens is 3. The van der Waals surface area contributed by atoms with Crippen molar-refractivity contribution in [2.24, 2.45) is 7.05 Å². The van der Waals surface area contributed by atoms with Gasteiger partial charge in [0, 0.05) is 7.05 Å². The number of rotatable bonds is 3.